The second kappa shape index (κ2) is 7.51. The van der Waals surface area contributed by atoms with Crippen molar-refractivity contribution in [2.24, 2.45) is 0 Å². The van der Waals surface area contributed by atoms with E-state index in [1.165, 1.54) is 36.1 Å². The molecule has 0 aliphatic carbocycles. The molecule has 0 saturated carbocycles. The molecular formula is C18H29NS. The van der Waals surface area contributed by atoms with E-state index in [1.54, 1.807) is 0 Å². The zero-order valence-corrected chi connectivity index (χ0v) is 14.1. The first-order chi connectivity index (χ1) is 9.68. The lowest BCUT2D eigenvalue weighted by Gasteiger charge is -2.34. The van der Waals surface area contributed by atoms with Gasteiger partial charge in [-0.3, -0.25) is 0 Å². The highest BCUT2D eigenvalue weighted by molar-refractivity contribution is 8.00. The fourth-order valence-electron chi connectivity index (χ4n) is 3.04. The summed E-state index contributed by atoms with van der Waals surface area (Å²) in [6, 6.07) is 9.82. The maximum atomic E-state index is 3.81. The van der Waals surface area contributed by atoms with Crippen molar-refractivity contribution >= 4 is 11.8 Å². The van der Waals surface area contributed by atoms with E-state index in [4.69, 9.17) is 0 Å². The van der Waals surface area contributed by atoms with Crippen LogP contribution in [-0.4, -0.2) is 23.1 Å². The monoisotopic (exact) mass is 291 g/mol. The second-order valence-corrected chi connectivity index (χ2v) is 7.78. The molecule has 2 heteroatoms. The van der Waals surface area contributed by atoms with Crippen LogP contribution in [0.5, 0.6) is 0 Å². The molecule has 1 N–H and O–H groups in total. The molecule has 1 aromatic rings. The molecular weight excluding hydrogens is 262 g/mol. The Bertz CT molecular complexity index is 392. The van der Waals surface area contributed by atoms with Crippen LogP contribution in [0.2, 0.25) is 0 Å². The Morgan fingerprint density at radius 3 is 2.45 bits per heavy atom. The number of benzene rings is 1. The van der Waals surface area contributed by atoms with E-state index in [2.05, 4.69) is 62.1 Å². The van der Waals surface area contributed by atoms with Gasteiger partial charge in [-0.15, -0.1) is 0 Å². The minimum atomic E-state index is 0.415. The summed E-state index contributed by atoms with van der Waals surface area (Å²) in [5.74, 6) is 1.33. The van der Waals surface area contributed by atoms with E-state index in [-0.39, 0.29) is 0 Å². The molecule has 1 saturated heterocycles. The Balaban J connectivity index is 2.05. The molecule has 1 aromatic carbocycles. The highest BCUT2D eigenvalue weighted by atomic mass is 32.2. The first-order valence-corrected chi connectivity index (χ1v) is 9.11. The normalized spacial score (nSPS) is 23.9. The average molecular weight is 292 g/mol. The lowest BCUT2D eigenvalue weighted by atomic mass is 9.90. The molecule has 1 aliphatic heterocycles. The summed E-state index contributed by atoms with van der Waals surface area (Å²) in [6.45, 7) is 8.06. The minimum absolute atomic E-state index is 0.415. The molecule has 112 valence electrons. The van der Waals surface area contributed by atoms with E-state index >= 15 is 0 Å². The molecule has 2 unspecified atom stereocenters. The third kappa shape index (κ3) is 4.02. The SMILES string of the molecule is CCCNC(Cc1ccc(CC)cc1)C1(C)CCCS1. The van der Waals surface area contributed by atoms with Gasteiger partial charge >= 0.3 is 0 Å². The van der Waals surface area contributed by atoms with Crippen LogP contribution in [0, 0.1) is 0 Å². The zero-order valence-electron chi connectivity index (χ0n) is 13.2. The smallest absolute Gasteiger partial charge is 0.0288 e. The van der Waals surface area contributed by atoms with Gasteiger partial charge in [0, 0.05) is 10.8 Å². The van der Waals surface area contributed by atoms with Gasteiger partial charge in [0.25, 0.3) is 0 Å². The third-order valence-electron chi connectivity index (χ3n) is 4.50. The Kier molecular flexibility index (Phi) is 5.98. The first-order valence-electron chi connectivity index (χ1n) is 8.13. The summed E-state index contributed by atoms with van der Waals surface area (Å²) >= 11 is 2.17. The first kappa shape index (κ1) is 15.9. The van der Waals surface area contributed by atoms with Crippen molar-refractivity contribution in [3.8, 4) is 0 Å². The van der Waals surface area contributed by atoms with E-state index in [9.17, 15) is 0 Å². The van der Waals surface area contributed by atoms with E-state index in [0.29, 0.717) is 10.8 Å². The predicted octanol–water partition coefficient (Wildman–Crippen LogP) is 4.45. The molecule has 2 atom stereocenters. The highest BCUT2D eigenvalue weighted by Crippen LogP contribution is 2.41. The summed E-state index contributed by atoms with van der Waals surface area (Å²) in [7, 11) is 0. The van der Waals surface area contributed by atoms with Crippen LogP contribution in [0.25, 0.3) is 0 Å². The summed E-state index contributed by atoms with van der Waals surface area (Å²) < 4.78 is 0.415. The molecule has 0 bridgehead atoms. The van der Waals surface area contributed by atoms with Gasteiger partial charge in [-0.25, -0.2) is 0 Å². The van der Waals surface area contributed by atoms with Crippen LogP contribution >= 0.6 is 11.8 Å². The maximum absolute atomic E-state index is 3.81. The van der Waals surface area contributed by atoms with Crippen molar-refractivity contribution < 1.29 is 0 Å². The van der Waals surface area contributed by atoms with E-state index < -0.39 is 0 Å². The topological polar surface area (TPSA) is 12.0 Å². The van der Waals surface area contributed by atoms with Crippen molar-refractivity contribution in [2.75, 3.05) is 12.3 Å². The fraction of sp³-hybridized carbons (Fsp3) is 0.667. The van der Waals surface area contributed by atoms with Crippen LogP contribution in [0.3, 0.4) is 0 Å². The molecule has 1 fully saturated rings. The lowest BCUT2D eigenvalue weighted by molar-refractivity contribution is 0.399. The number of hydrogen-bond acceptors (Lipinski definition) is 2. The molecule has 0 amide bonds. The Labute approximate surface area is 128 Å². The van der Waals surface area contributed by atoms with E-state index in [1.807, 2.05) is 0 Å². The Morgan fingerprint density at radius 2 is 1.90 bits per heavy atom. The number of rotatable bonds is 7. The van der Waals surface area contributed by atoms with Crippen molar-refractivity contribution in [1.82, 2.24) is 5.32 Å². The molecule has 0 radical (unpaired) electrons. The van der Waals surface area contributed by atoms with Crippen LogP contribution in [0.15, 0.2) is 24.3 Å². The van der Waals surface area contributed by atoms with Crippen LogP contribution in [0.4, 0.5) is 0 Å². The van der Waals surface area contributed by atoms with Crippen molar-refractivity contribution in [2.45, 2.75) is 63.7 Å². The molecule has 1 nitrogen and oxygen atoms in total. The molecule has 1 aliphatic rings. The van der Waals surface area contributed by atoms with Gasteiger partial charge in [0.1, 0.15) is 0 Å². The second-order valence-electron chi connectivity index (χ2n) is 6.15. The van der Waals surface area contributed by atoms with Crippen molar-refractivity contribution in [1.29, 1.82) is 0 Å². The Hall–Kier alpha value is -0.470. The molecule has 0 aromatic heterocycles. The van der Waals surface area contributed by atoms with Gasteiger partial charge in [0.2, 0.25) is 0 Å². The zero-order chi connectivity index (χ0) is 14.4. The summed E-state index contributed by atoms with van der Waals surface area (Å²) in [4.78, 5) is 0. The van der Waals surface area contributed by atoms with Crippen molar-refractivity contribution in [3.63, 3.8) is 0 Å². The Morgan fingerprint density at radius 1 is 1.20 bits per heavy atom. The standard InChI is InChI=1S/C18H29NS/c1-4-12-19-17(18(3)11-6-13-20-18)14-16-9-7-15(5-2)8-10-16/h7-10,17,19H,4-6,11-14H2,1-3H3. The highest BCUT2D eigenvalue weighted by Gasteiger charge is 2.37. The average Bonchev–Trinajstić information content (AvgIpc) is 2.92. The maximum Gasteiger partial charge on any atom is 0.0288 e. The molecule has 1 heterocycles. The van der Waals surface area contributed by atoms with E-state index in [0.717, 1.165) is 19.4 Å². The van der Waals surface area contributed by atoms with Gasteiger partial charge in [-0.2, -0.15) is 11.8 Å². The fourth-order valence-corrected chi connectivity index (χ4v) is 4.46. The number of nitrogens with one attached hydrogen (secondary N) is 1. The van der Waals surface area contributed by atoms with Crippen LogP contribution in [-0.2, 0) is 12.8 Å². The summed E-state index contributed by atoms with van der Waals surface area (Å²) in [5, 5.41) is 3.81. The van der Waals surface area contributed by atoms with Gasteiger partial charge in [0.15, 0.2) is 0 Å². The quantitative estimate of drug-likeness (QED) is 0.797. The van der Waals surface area contributed by atoms with Gasteiger partial charge in [0.05, 0.1) is 0 Å². The number of hydrogen-bond donors (Lipinski definition) is 1. The van der Waals surface area contributed by atoms with Gasteiger partial charge in [-0.1, -0.05) is 38.1 Å². The third-order valence-corrected chi connectivity index (χ3v) is 6.14. The van der Waals surface area contributed by atoms with Gasteiger partial charge in [-0.05, 0) is 62.5 Å². The minimum Gasteiger partial charge on any atom is -0.312 e. The summed E-state index contributed by atoms with van der Waals surface area (Å²) in [5.41, 5.74) is 2.91. The molecule has 0 spiro atoms. The predicted molar refractivity (Wildman–Crippen MR) is 91.7 cm³/mol. The van der Waals surface area contributed by atoms with Gasteiger partial charge < -0.3 is 5.32 Å². The number of thioether (sulfide) groups is 1. The molecule has 20 heavy (non-hydrogen) atoms. The van der Waals surface area contributed by atoms with Crippen LogP contribution < -0.4 is 5.32 Å². The molecule has 2 rings (SSSR count). The van der Waals surface area contributed by atoms with Crippen LogP contribution in [0.1, 0.15) is 51.2 Å². The van der Waals surface area contributed by atoms with Crippen molar-refractivity contribution in [3.05, 3.63) is 35.4 Å². The largest absolute Gasteiger partial charge is 0.312 e. The number of aryl methyl sites for hydroxylation is 1. The summed E-state index contributed by atoms with van der Waals surface area (Å²) in [6.07, 6.45) is 6.23. The lowest BCUT2D eigenvalue weighted by Crippen LogP contribution is -2.47.